The summed E-state index contributed by atoms with van der Waals surface area (Å²) >= 11 is 0. The number of nitrogens with zero attached hydrogens (tertiary/aromatic N) is 2. The topological polar surface area (TPSA) is 62.4 Å². The standard InChI is InChI=1S/C12H19N3O/c1-9(13)10-4-5-12(14-7-10)15-6-2-3-11(15)8-16/h4-5,7,9,11,16H,2-3,6,8,13H2,1H3/t9-,11?/m1/s1. The zero-order valence-corrected chi connectivity index (χ0v) is 9.63. The molecule has 2 rings (SSSR count). The van der Waals surface area contributed by atoms with Crippen molar-refractivity contribution in [3.8, 4) is 0 Å². The first-order chi connectivity index (χ1) is 7.72. The van der Waals surface area contributed by atoms with Crippen LogP contribution in [0, 0.1) is 0 Å². The van der Waals surface area contributed by atoms with Gasteiger partial charge in [0.15, 0.2) is 0 Å². The van der Waals surface area contributed by atoms with Crippen molar-refractivity contribution in [3.63, 3.8) is 0 Å². The number of pyridine rings is 1. The predicted octanol–water partition coefficient (Wildman–Crippen LogP) is 1.06. The fourth-order valence-electron chi connectivity index (χ4n) is 2.16. The van der Waals surface area contributed by atoms with E-state index in [-0.39, 0.29) is 18.7 Å². The van der Waals surface area contributed by atoms with Gasteiger partial charge in [-0.3, -0.25) is 0 Å². The van der Waals surface area contributed by atoms with Crippen LogP contribution in [0.1, 0.15) is 31.4 Å². The van der Waals surface area contributed by atoms with Crippen LogP contribution in [0.2, 0.25) is 0 Å². The zero-order valence-electron chi connectivity index (χ0n) is 9.63. The minimum Gasteiger partial charge on any atom is -0.394 e. The summed E-state index contributed by atoms with van der Waals surface area (Å²) in [4.78, 5) is 6.59. The molecule has 0 aliphatic carbocycles. The Labute approximate surface area is 96.1 Å². The summed E-state index contributed by atoms with van der Waals surface area (Å²) in [7, 11) is 0. The second-order valence-corrected chi connectivity index (χ2v) is 4.41. The van der Waals surface area contributed by atoms with Gasteiger partial charge in [0.1, 0.15) is 5.82 Å². The van der Waals surface area contributed by atoms with Crippen molar-refractivity contribution in [2.45, 2.75) is 31.8 Å². The van der Waals surface area contributed by atoms with Gasteiger partial charge in [0, 0.05) is 18.8 Å². The van der Waals surface area contributed by atoms with E-state index in [1.54, 1.807) is 0 Å². The summed E-state index contributed by atoms with van der Waals surface area (Å²) in [6.07, 6.45) is 4.00. The molecule has 1 aromatic rings. The molecule has 16 heavy (non-hydrogen) atoms. The number of aliphatic hydroxyl groups is 1. The third-order valence-electron chi connectivity index (χ3n) is 3.18. The van der Waals surface area contributed by atoms with Gasteiger partial charge in [-0.25, -0.2) is 4.98 Å². The average Bonchev–Trinajstić information content (AvgIpc) is 2.77. The number of hydrogen-bond acceptors (Lipinski definition) is 4. The quantitative estimate of drug-likeness (QED) is 0.801. The average molecular weight is 221 g/mol. The van der Waals surface area contributed by atoms with Crippen molar-refractivity contribution >= 4 is 5.82 Å². The van der Waals surface area contributed by atoms with E-state index >= 15 is 0 Å². The van der Waals surface area contributed by atoms with Gasteiger partial charge in [-0.05, 0) is 31.4 Å². The molecule has 3 N–H and O–H groups in total. The highest BCUT2D eigenvalue weighted by atomic mass is 16.3. The van der Waals surface area contributed by atoms with E-state index in [1.807, 2.05) is 25.3 Å². The number of aromatic nitrogens is 1. The van der Waals surface area contributed by atoms with Crippen LogP contribution in [0.4, 0.5) is 5.82 Å². The van der Waals surface area contributed by atoms with Crippen LogP contribution in [0.25, 0.3) is 0 Å². The molecule has 1 saturated heterocycles. The predicted molar refractivity (Wildman–Crippen MR) is 64.3 cm³/mol. The van der Waals surface area contributed by atoms with Crippen molar-refractivity contribution in [2.24, 2.45) is 5.73 Å². The Kier molecular flexibility index (Phi) is 3.41. The molecule has 1 aliphatic heterocycles. The molecule has 0 aromatic carbocycles. The van der Waals surface area contributed by atoms with Gasteiger partial charge in [-0.15, -0.1) is 0 Å². The minimum atomic E-state index is 0.0220. The van der Waals surface area contributed by atoms with E-state index in [9.17, 15) is 5.11 Å². The number of hydrogen-bond donors (Lipinski definition) is 2. The molecule has 1 unspecified atom stereocenters. The van der Waals surface area contributed by atoms with Crippen LogP contribution >= 0.6 is 0 Å². The fourth-order valence-corrected chi connectivity index (χ4v) is 2.16. The zero-order chi connectivity index (χ0) is 11.5. The molecule has 2 atom stereocenters. The highest BCUT2D eigenvalue weighted by Gasteiger charge is 2.24. The van der Waals surface area contributed by atoms with Crippen molar-refractivity contribution in [2.75, 3.05) is 18.1 Å². The number of rotatable bonds is 3. The van der Waals surface area contributed by atoms with Crippen LogP contribution in [0.3, 0.4) is 0 Å². The molecule has 0 spiro atoms. The van der Waals surface area contributed by atoms with Crippen molar-refractivity contribution in [3.05, 3.63) is 23.9 Å². The second kappa shape index (κ2) is 4.80. The van der Waals surface area contributed by atoms with Gasteiger partial charge in [0.25, 0.3) is 0 Å². The summed E-state index contributed by atoms with van der Waals surface area (Å²) in [5.74, 6) is 0.945. The molecule has 4 heteroatoms. The van der Waals surface area contributed by atoms with Gasteiger partial charge in [0.05, 0.1) is 12.6 Å². The SMILES string of the molecule is C[C@@H](N)c1ccc(N2CCCC2CO)nc1. The van der Waals surface area contributed by atoms with E-state index in [1.165, 1.54) is 0 Å². The third-order valence-corrected chi connectivity index (χ3v) is 3.18. The Morgan fingerprint density at radius 2 is 2.44 bits per heavy atom. The molecule has 1 aromatic heterocycles. The molecule has 1 fully saturated rings. The maximum absolute atomic E-state index is 9.25. The summed E-state index contributed by atoms with van der Waals surface area (Å²) in [5, 5.41) is 9.25. The van der Waals surface area contributed by atoms with Crippen molar-refractivity contribution < 1.29 is 5.11 Å². The van der Waals surface area contributed by atoms with Gasteiger partial charge in [-0.1, -0.05) is 6.07 Å². The van der Waals surface area contributed by atoms with E-state index in [4.69, 9.17) is 5.73 Å². The van der Waals surface area contributed by atoms with E-state index < -0.39 is 0 Å². The lowest BCUT2D eigenvalue weighted by molar-refractivity contribution is 0.266. The molecule has 1 aliphatic rings. The number of aliphatic hydroxyl groups excluding tert-OH is 1. The highest BCUT2D eigenvalue weighted by Crippen LogP contribution is 2.24. The highest BCUT2D eigenvalue weighted by molar-refractivity contribution is 5.42. The van der Waals surface area contributed by atoms with E-state index in [0.717, 1.165) is 30.8 Å². The van der Waals surface area contributed by atoms with Gasteiger partial charge in [0.2, 0.25) is 0 Å². The lowest BCUT2D eigenvalue weighted by Crippen LogP contribution is -2.32. The minimum absolute atomic E-state index is 0.0220. The first-order valence-corrected chi connectivity index (χ1v) is 5.81. The number of nitrogens with two attached hydrogens (primary N) is 1. The third kappa shape index (κ3) is 2.18. The van der Waals surface area contributed by atoms with Crippen LogP contribution in [0.5, 0.6) is 0 Å². The van der Waals surface area contributed by atoms with Gasteiger partial charge in [-0.2, -0.15) is 0 Å². The molecule has 88 valence electrons. The summed E-state index contributed by atoms with van der Waals surface area (Å²) in [5.41, 5.74) is 6.82. The first kappa shape index (κ1) is 11.4. The molecule has 0 saturated carbocycles. The molecular formula is C12H19N3O. The van der Waals surface area contributed by atoms with E-state index in [0.29, 0.717) is 0 Å². The summed E-state index contributed by atoms with van der Waals surface area (Å²) < 4.78 is 0. The Bertz CT molecular complexity index is 337. The summed E-state index contributed by atoms with van der Waals surface area (Å²) in [6, 6.07) is 4.26. The monoisotopic (exact) mass is 221 g/mol. The Hall–Kier alpha value is -1.13. The Balaban J connectivity index is 2.15. The normalized spacial score (nSPS) is 22.4. The molecule has 0 radical (unpaired) electrons. The lowest BCUT2D eigenvalue weighted by Gasteiger charge is -2.24. The van der Waals surface area contributed by atoms with Crippen LogP contribution in [0.15, 0.2) is 18.3 Å². The van der Waals surface area contributed by atoms with E-state index in [2.05, 4.69) is 9.88 Å². The fraction of sp³-hybridized carbons (Fsp3) is 0.583. The molecular weight excluding hydrogens is 202 g/mol. The van der Waals surface area contributed by atoms with Gasteiger partial charge >= 0.3 is 0 Å². The maximum atomic E-state index is 9.25. The largest absolute Gasteiger partial charge is 0.394 e. The van der Waals surface area contributed by atoms with Crippen molar-refractivity contribution in [1.29, 1.82) is 0 Å². The smallest absolute Gasteiger partial charge is 0.128 e. The molecule has 4 nitrogen and oxygen atoms in total. The molecule has 0 bridgehead atoms. The van der Waals surface area contributed by atoms with Crippen LogP contribution in [-0.4, -0.2) is 29.3 Å². The molecule has 2 heterocycles. The van der Waals surface area contributed by atoms with Crippen LogP contribution < -0.4 is 10.6 Å². The van der Waals surface area contributed by atoms with Gasteiger partial charge < -0.3 is 15.7 Å². The van der Waals surface area contributed by atoms with Crippen LogP contribution in [-0.2, 0) is 0 Å². The lowest BCUT2D eigenvalue weighted by atomic mass is 10.1. The Morgan fingerprint density at radius 3 is 3.00 bits per heavy atom. The number of anilines is 1. The first-order valence-electron chi connectivity index (χ1n) is 5.81. The maximum Gasteiger partial charge on any atom is 0.128 e. The Morgan fingerprint density at radius 1 is 1.62 bits per heavy atom. The van der Waals surface area contributed by atoms with Crippen molar-refractivity contribution in [1.82, 2.24) is 4.98 Å². The molecule has 0 amide bonds. The summed E-state index contributed by atoms with van der Waals surface area (Å²) in [6.45, 7) is 3.13. The second-order valence-electron chi connectivity index (χ2n) is 4.41.